The van der Waals surface area contributed by atoms with Gasteiger partial charge in [-0.3, -0.25) is 0 Å². The molecule has 4 heteroatoms. The predicted octanol–water partition coefficient (Wildman–Crippen LogP) is 3.95. The fourth-order valence-electron chi connectivity index (χ4n) is 2.82. The summed E-state index contributed by atoms with van der Waals surface area (Å²) in [6.07, 6.45) is 6.62. The van der Waals surface area contributed by atoms with Gasteiger partial charge in [0.05, 0.1) is 0 Å². The SMILES string of the molecule is CCC1CCC(N(C)c2cc(Br)nc(C)n2)CC1. The van der Waals surface area contributed by atoms with E-state index in [1.165, 1.54) is 32.1 Å². The Labute approximate surface area is 118 Å². The van der Waals surface area contributed by atoms with Crippen molar-refractivity contribution in [2.75, 3.05) is 11.9 Å². The highest BCUT2D eigenvalue weighted by atomic mass is 79.9. The zero-order chi connectivity index (χ0) is 13.1. The number of hydrogen-bond acceptors (Lipinski definition) is 3. The molecule has 1 aromatic rings. The van der Waals surface area contributed by atoms with Crippen molar-refractivity contribution in [2.45, 2.75) is 52.0 Å². The number of aromatic nitrogens is 2. The summed E-state index contributed by atoms with van der Waals surface area (Å²) in [4.78, 5) is 11.1. The molecule has 0 N–H and O–H groups in total. The Balaban J connectivity index is 2.05. The van der Waals surface area contributed by atoms with Crippen LogP contribution in [0.2, 0.25) is 0 Å². The van der Waals surface area contributed by atoms with Crippen LogP contribution in [0.15, 0.2) is 10.7 Å². The van der Waals surface area contributed by atoms with Crippen LogP contribution >= 0.6 is 15.9 Å². The molecule has 1 fully saturated rings. The highest BCUT2D eigenvalue weighted by Gasteiger charge is 2.24. The largest absolute Gasteiger partial charge is 0.357 e. The molecule has 100 valence electrons. The first-order valence-corrected chi connectivity index (χ1v) is 7.63. The van der Waals surface area contributed by atoms with E-state index in [-0.39, 0.29) is 0 Å². The number of nitrogens with zero attached hydrogens (tertiary/aromatic N) is 3. The molecule has 18 heavy (non-hydrogen) atoms. The molecule has 1 aliphatic rings. The molecule has 0 bridgehead atoms. The van der Waals surface area contributed by atoms with E-state index in [9.17, 15) is 0 Å². The van der Waals surface area contributed by atoms with Gasteiger partial charge in [-0.2, -0.15) is 0 Å². The molecule has 1 aromatic heterocycles. The third-order valence-electron chi connectivity index (χ3n) is 4.10. The first-order valence-electron chi connectivity index (χ1n) is 6.84. The summed E-state index contributed by atoms with van der Waals surface area (Å²) >= 11 is 3.45. The maximum atomic E-state index is 4.53. The molecule has 0 radical (unpaired) electrons. The van der Waals surface area contributed by atoms with Gasteiger partial charge in [0, 0.05) is 19.2 Å². The van der Waals surface area contributed by atoms with Gasteiger partial charge in [0.25, 0.3) is 0 Å². The minimum absolute atomic E-state index is 0.633. The summed E-state index contributed by atoms with van der Waals surface area (Å²) in [5.41, 5.74) is 0. The average Bonchev–Trinajstić information content (AvgIpc) is 2.37. The predicted molar refractivity (Wildman–Crippen MR) is 78.9 cm³/mol. The summed E-state index contributed by atoms with van der Waals surface area (Å²) < 4.78 is 0.874. The van der Waals surface area contributed by atoms with E-state index in [0.717, 1.165) is 22.2 Å². The van der Waals surface area contributed by atoms with Crippen molar-refractivity contribution in [1.29, 1.82) is 0 Å². The molecular formula is C14H22BrN3. The number of anilines is 1. The molecule has 0 aromatic carbocycles. The minimum atomic E-state index is 0.633. The lowest BCUT2D eigenvalue weighted by atomic mass is 9.84. The summed E-state index contributed by atoms with van der Waals surface area (Å²) in [6.45, 7) is 4.25. The van der Waals surface area contributed by atoms with Crippen LogP contribution in [0.3, 0.4) is 0 Å². The maximum absolute atomic E-state index is 4.53. The molecule has 0 atom stereocenters. The van der Waals surface area contributed by atoms with Gasteiger partial charge in [-0.1, -0.05) is 13.3 Å². The van der Waals surface area contributed by atoms with Crippen LogP contribution in [0.4, 0.5) is 5.82 Å². The van der Waals surface area contributed by atoms with Crippen molar-refractivity contribution >= 4 is 21.7 Å². The van der Waals surface area contributed by atoms with Crippen molar-refractivity contribution < 1.29 is 0 Å². The van der Waals surface area contributed by atoms with Crippen molar-refractivity contribution in [3.63, 3.8) is 0 Å². The first-order chi connectivity index (χ1) is 8.60. The second-order valence-corrected chi connectivity index (χ2v) is 6.10. The van der Waals surface area contributed by atoms with Crippen molar-refractivity contribution in [1.82, 2.24) is 9.97 Å². The first kappa shape index (κ1) is 13.8. The van der Waals surface area contributed by atoms with Crippen molar-refractivity contribution in [3.05, 3.63) is 16.5 Å². The van der Waals surface area contributed by atoms with Gasteiger partial charge in [-0.25, -0.2) is 9.97 Å². The van der Waals surface area contributed by atoms with Gasteiger partial charge >= 0.3 is 0 Å². The van der Waals surface area contributed by atoms with E-state index in [0.29, 0.717) is 6.04 Å². The van der Waals surface area contributed by atoms with Gasteiger partial charge in [0.2, 0.25) is 0 Å². The van der Waals surface area contributed by atoms with Crippen LogP contribution in [0.5, 0.6) is 0 Å². The number of rotatable bonds is 3. The zero-order valence-electron chi connectivity index (χ0n) is 11.5. The third-order valence-corrected chi connectivity index (χ3v) is 4.50. The van der Waals surface area contributed by atoms with Crippen LogP contribution in [0.1, 0.15) is 44.9 Å². The number of halogens is 1. The van der Waals surface area contributed by atoms with Crippen LogP contribution in [0.25, 0.3) is 0 Å². The standard InChI is InChI=1S/C14H22BrN3/c1-4-11-5-7-12(8-6-11)18(3)14-9-13(15)16-10(2)17-14/h9,11-12H,4-8H2,1-3H3. The van der Waals surface area contributed by atoms with Gasteiger partial charge in [0.15, 0.2) is 0 Å². The van der Waals surface area contributed by atoms with Crippen LogP contribution in [-0.2, 0) is 0 Å². The number of aryl methyl sites for hydroxylation is 1. The number of hydrogen-bond donors (Lipinski definition) is 0. The van der Waals surface area contributed by atoms with Crippen LogP contribution < -0.4 is 4.90 Å². The molecule has 1 aliphatic carbocycles. The van der Waals surface area contributed by atoms with Gasteiger partial charge < -0.3 is 4.90 Å². The topological polar surface area (TPSA) is 29.0 Å². The normalized spacial score (nSPS) is 24.0. The van der Waals surface area contributed by atoms with E-state index < -0.39 is 0 Å². The smallest absolute Gasteiger partial charge is 0.133 e. The van der Waals surface area contributed by atoms with E-state index >= 15 is 0 Å². The highest BCUT2D eigenvalue weighted by molar-refractivity contribution is 9.10. The molecule has 3 nitrogen and oxygen atoms in total. The average molecular weight is 312 g/mol. The van der Waals surface area contributed by atoms with E-state index in [4.69, 9.17) is 0 Å². The monoisotopic (exact) mass is 311 g/mol. The van der Waals surface area contributed by atoms with Crippen LogP contribution in [-0.4, -0.2) is 23.1 Å². The Morgan fingerprint density at radius 3 is 2.50 bits per heavy atom. The summed E-state index contributed by atoms with van der Waals surface area (Å²) in [5, 5.41) is 0. The lowest BCUT2D eigenvalue weighted by Gasteiger charge is -2.35. The molecule has 0 amide bonds. The molecule has 2 rings (SSSR count). The van der Waals surface area contributed by atoms with Gasteiger partial charge in [0.1, 0.15) is 16.2 Å². The molecule has 1 saturated carbocycles. The summed E-state index contributed by atoms with van der Waals surface area (Å²) in [5.74, 6) is 2.80. The molecule has 1 heterocycles. The third kappa shape index (κ3) is 3.22. The zero-order valence-corrected chi connectivity index (χ0v) is 13.1. The minimum Gasteiger partial charge on any atom is -0.357 e. The molecular weight excluding hydrogens is 290 g/mol. The van der Waals surface area contributed by atoms with Crippen molar-refractivity contribution in [3.8, 4) is 0 Å². The second kappa shape index (κ2) is 6.00. The fraction of sp³-hybridized carbons (Fsp3) is 0.714. The van der Waals surface area contributed by atoms with Crippen molar-refractivity contribution in [2.24, 2.45) is 5.92 Å². The Kier molecular flexibility index (Phi) is 4.60. The highest BCUT2D eigenvalue weighted by Crippen LogP contribution is 2.31. The van der Waals surface area contributed by atoms with E-state index in [1.807, 2.05) is 13.0 Å². The molecule has 0 unspecified atom stereocenters. The second-order valence-electron chi connectivity index (χ2n) is 5.29. The quantitative estimate of drug-likeness (QED) is 0.791. The Hall–Kier alpha value is -0.640. The summed E-state index contributed by atoms with van der Waals surface area (Å²) in [6, 6.07) is 2.65. The maximum Gasteiger partial charge on any atom is 0.133 e. The fourth-order valence-corrected chi connectivity index (χ4v) is 3.29. The molecule has 0 aliphatic heterocycles. The molecule has 0 saturated heterocycles. The lowest BCUT2D eigenvalue weighted by Crippen LogP contribution is -2.35. The lowest BCUT2D eigenvalue weighted by molar-refractivity contribution is 0.313. The Morgan fingerprint density at radius 2 is 1.94 bits per heavy atom. The van der Waals surface area contributed by atoms with E-state index in [2.05, 4.69) is 44.8 Å². The Morgan fingerprint density at radius 1 is 1.28 bits per heavy atom. The van der Waals surface area contributed by atoms with E-state index in [1.54, 1.807) is 0 Å². The van der Waals surface area contributed by atoms with Gasteiger partial charge in [-0.05, 0) is 54.5 Å². The van der Waals surface area contributed by atoms with Crippen LogP contribution in [0, 0.1) is 12.8 Å². The molecule has 0 spiro atoms. The van der Waals surface area contributed by atoms with Gasteiger partial charge in [-0.15, -0.1) is 0 Å². The summed E-state index contributed by atoms with van der Waals surface area (Å²) in [7, 11) is 2.16. The Bertz CT molecular complexity index is 380.